The van der Waals surface area contributed by atoms with E-state index in [1.165, 1.54) is 12.1 Å². The van der Waals surface area contributed by atoms with Crippen molar-refractivity contribution in [3.8, 4) is 0 Å². The van der Waals surface area contributed by atoms with Gasteiger partial charge in [0.1, 0.15) is 10.7 Å². The number of hydrogen-bond donors (Lipinski definition) is 2. The molecule has 0 radical (unpaired) electrons. The third-order valence-corrected chi connectivity index (χ3v) is 4.83. The molecule has 0 spiro atoms. The summed E-state index contributed by atoms with van der Waals surface area (Å²) in [7, 11) is -3.96. The highest BCUT2D eigenvalue weighted by Crippen LogP contribution is 2.19. The van der Waals surface area contributed by atoms with Crippen molar-refractivity contribution in [1.82, 2.24) is 10.0 Å². The van der Waals surface area contributed by atoms with Gasteiger partial charge in [-0.2, -0.15) is 0 Å². The molecule has 0 saturated heterocycles. The zero-order valence-electron chi connectivity index (χ0n) is 11.8. The molecule has 1 aromatic rings. The smallest absolute Gasteiger partial charge is 0.243 e. The maximum absolute atomic E-state index is 13.6. The van der Waals surface area contributed by atoms with Gasteiger partial charge in [-0.1, -0.05) is 22.9 Å². The van der Waals surface area contributed by atoms with Crippen LogP contribution in [-0.2, 0) is 14.8 Å². The minimum atomic E-state index is -3.96. The van der Waals surface area contributed by atoms with Crippen LogP contribution in [0.15, 0.2) is 27.6 Å². The third kappa shape index (κ3) is 5.72. The van der Waals surface area contributed by atoms with Crippen molar-refractivity contribution in [3.05, 3.63) is 28.5 Å². The summed E-state index contributed by atoms with van der Waals surface area (Å²) in [5.74, 6) is -1.09. The molecule has 1 atom stereocenters. The lowest BCUT2D eigenvalue weighted by molar-refractivity contribution is -0.121. The number of nitrogens with one attached hydrogen (secondary N) is 2. The van der Waals surface area contributed by atoms with Crippen molar-refractivity contribution < 1.29 is 17.6 Å². The topological polar surface area (TPSA) is 75.3 Å². The van der Waals surface area contributed by atoms with Gasteiger partial charge in [-0.05, 0) is 31.5 Å². The monoisotopic (exact) mass is 380 g/mol. The Balaban J connectivity index is 2.60. The highest BCUT2D eigenvalue weighted by Gasteiger charge is 2.19. The number of carbonyl (C=O) groups is 1. The van der Waals surface area contributed by atoms with Gasteiger partial charge in [0.15, 0.2) is 0 Å². The van der Waals surface area contributed by atoms with Crippen LogP contribution in [0.3, 0.4) is 0 Å². The van der Waals surface area contributed by atoms with Gasteiger partial charge in [0.2, 0.25) is 15.9 Å². The van der Waals surface area contributed by atoms with Crippen molar-refractivity contribution in [2.45, 2.75) is 37.6 Å². The largest absolute Gasteiger partial charge is 0.354 e. The molecule has 1 rings (SSSR count). The van der Waals surface area contributed by atoms with Crippen molar-refractivity contribution >= 4 is 31.9 Å². The minimum Gasteiger partial charge on any atom is -0.354 e. The molecule has 1 amide bonds. The van der Waals surface area contributed by atoms with Crippen LogP contribution in [0.1, 0.15) is 26.7 Å². The van der Waals surface area contributed by atoms with E-state index in [0.717, 1.165) is 12.5 Å². The maximum Gasteiger partial charge on any atom is 0.243 e. The van der Waals surface area contributed by atoms with E-state index in [1.807, 2.05) is 13.8 Å². The number of benzene rings is 1. The lowest BCUT2D eigenvalue weighted by Gasteiger charge is -2.12. The molecule has 5 nitrogen and oxygen atoms in total. The Morgan fingerprint density at radius 3 is 2.67 bits per heavy atom. The predicted octanol–water partition coefficient (Wildman–Crippen LogP) is 2.17. The molecule has 0 aromatic heterocycles. The maximum atomic E-state index is 13.6. The molecule has 0 bridgehead atoms. The van der Waals surface area contributed by atoms with E-state index in [9.17, 15) is 17.6 Å². The molecule has 8 heteroatoms. The summed E-state index contributed by atoms with van der Waals surface area (Å²) in [6.07, 6.45) is 0.795. The second-order valence-electron chi connectivity index (χ2n) is 4.60. The standard InChI is InChI=1S/C13H18BrFN2O3S/c1-3-9(2)17-13(18)6-7-16-21(19,20)12-5-4-10(14)8-11(12)15/h4-5,8-9,16H,3,6-7H2,1-2H3,(H,17,18). The van der Waals surface area contributed by atoms with E-state index in [1.54, 1.807) is 0 Å². The van der Waals surface area contributed by atoms with Gasteiger partial charge in [0.05, 0.1) is 0 Å². The van der Waals surface area contributed by atoms with Crippen molar-refractivity contribution in [2.75, 3.05) is 6.54 Å². The lowest BCUT2D eigenvalue weighted by Crippen LogP contribution is -2.35. The number of hydrogen-bond acceptors (Lipinski definition) is 3. The van der Waals surface area contributed by atoms with Gasteiger partial charge in [0.25, 0.3) is 0 Å². The molecule has 0 saturated carbocycles. The molecule has 0 aliphatic carbocycles. The second-order valence-corrected chi connectivity index (χ2v) is 7.25. The van der Waals surface area contributed by atoms with Crippen LogP contribution in [0.4, 0.5) is 4.39 Å². The third-order valence-electron chi connectivity index (χ3n) is 2.85. The van der Waals surface area contributed by atoms with Crippen molar-refractivity contribution in [2.24, 2.45) is 0 Å². The average molecular weight is 381 g/mol. The molecule has 118 valence electrons. The fraction of sp³-hybridized carbons (Fsp3) is 0.462. The fourth-order valence-corrected chi connectivity index (χ4v) is 2.94. The van der Waals surface area contributed by atoms with E-state index in [4.69, 9.17) is 0 Å². The Kier molecular flexibility index (Phi) is 6.76. The van der Waals surface area contributed by atoms with Crippen LogP contribution < -0.4 is 10.0 Å². The highest BCUT2D eigenvalue weighted by molar-refractivity contribution is 9.10. The van der Waals surface area contributed by atoms with Gasteiger partial charge in [0, 0.05) is 23.5 Å². The van der Waals surface area contributed by atoms with E-state index in [2.05, 4.69) is 26.0 Å². The molecule has 0 aliphatic rings. The summed E-state index contributed by atoms with van der Waals surface area (Å²) in [5.41, 5.74) is 0. The minimum absolute atomic E-state index is 0.00170. The Hall–Kier alpha value is -0.990. The zero-order chi connectivity index (χ0) is 16.0. The van der Waals surface area contributed by atoms with E-state index in [-0.39, 0.29) is 24.9 Å². The quantitative estimate of drug-likeness (QED) is 0.760. The molecule has 2 N–H and O–H groups in total. The lowest BCUT2D eigenvalue weighted by atomic mass is 10.2. The Labute approximate surface area is 132 Å². The van der Waals surface area contributed by atoms with Crippen molar-refractivity contribution in [1.29, 1.82) is 0 Å². The number of halogens is 2. The summed E-state index contributed by atoms with van der Waals surface area (Å²) in [4.78, 5) is 11.1. The van der Waals surface area contributed by atoms with Crippen LogP contribution >= 0.6 is 15.9 Å². The van der Waals surface area contributed by atoms with Crippen LogP contribution in [0.5, 0.6) is 0 Å². The molecule has 1 unspecified atom stereocenters. The molecule has 1 aromatic carbocycles. The fourth-order valence-electron chi connectivity index (χ4n) is 1.52. The SMILES string of the molecule is CCC(C)NC(=O)CCNS(=O)(=O)c1ccc(Br)cc1F. The summed E-state index contributed by atoms with van der Waals surface area (Å²) in [6, 6.07) is 3.72. The Morgan fingerprint density at radius 1 is 1.43 bits per heavy atom. The van der Waals surface area contributed by atoms with Crippen LogP contribution in [0.2, 0.25) is 0 Å². The zero-order valence-corrected chi connectivity index (χ0v) is 14.2. The molecule has 21 heavy (non-hydrogen) atoms. The highest BCUT2D eigenvalue weighted by atomic mass is 79.9. The first kappa shape index (κ1) is 18.1. The first-order valence-corrected chi connectivity index (χ1v) is 8.78. The van der Waals surface area contributed by atoms with Crippen LogP contribution in [-0.4, -0.2) is 26.9 Å². The van der Waals surface area contributed by atoms with E-state index >= 15 is 0 Å². The van der Waals surface area contributed by atoms with Crippen LogP contribution in [0.25, 0.3) is 0 Å². The first-order chi connectivity index (χ1) is 9.76. The number of carbonyl (C=O) groups excluding carboxylic acids is 1. The average Bonchev–Trinajstić information content (AvgIpc) is 2.37. The van der Waals surface area contributed by atoms with Crippen LogP contribution in [0, 0.1) is 5.82 Å². The first-order valence-electron chi connectivity index (χ1n) is 6.50. The predicted molar refractivity (Wildman–Crippen MR) is 81.8 cm³/mol. The van der Waals surface area contributed by atoms with Gasteiger partial charge >= 0.3 is 0 Å². The summed E-state index contributed by atoms with van der Waals surface area (Å²) < 4.78 is 40.1. The molecule has 0 aliphatic heterocycles. The number of sulfonamides is 1. The van der Waals surface area contributed by atoms with E-state index < -0.39 is 20.7 Å². The van der Waals surface area contributed by atoms with Crippen molar-refractivity contribution in [3.63, 3.8) is 0 Å². The van der Waals surface area contributed by atoms with Gasteiger partial charge < -0.3 is 5.32 Å². The van der Waals surface area contributed by atoms with E-state index in [0.29, 0.717) is 4.47 Å². The van der Waals surface area contributed by atoms with Gasteiger partial charge in [-0.3, -0.25) is 4.79 Å². The second kappa shape index (κ2) is 7.86. The normalized spacial score (nSPS) is 13.0. The number of rotatable bonds is 7. The molecule has 0 heterocycles. The molecule has 0 fully saturated rings. The Bertz CT molecular complexity index is 607. The molecular formula is C13H18BrFN2O3S. The van der Waals surface area contributed by atoms with Gasteiger partial charge in [-0.15, -0.1) is 0 Å². The molecular weight excluding hydrogens is 363 g/mol. The summed E-state index contributed by atoms with van der Waals surface area (Å²) >= 11 is 3.06. The summed E-state index contributed by atoms with van der Waals surface area (Å²) in [6.45, 7) is 3.71. The van der Waals surface area contributed by atoms with Gasteiger partial charge in [-0.25, -0.2) is 17.5 Å². The summed E-state index contributed by atoms with van der Waals surface area (Å²) in [5, 5.41) is 2.72. The Morgan fingerprint density at radius 2 is 2.10 bits per heavy atom. The number of amides is 1.